The van der Waals surface area contributed by atoms with Crippen LogP contribution in [-0.4, -0.2) is 27.3 Å². The Morgan fingerprint density at radius 3 is 3.04 bits per heavy atom. The number of hydrogen-bond donors (Lipinski definition) is 1. The van der Waals surface area contributed by atoms with Gasteiger partial charge in [0.25, 0.3) is 0 Å². The normalized spacial score (nSPS) is 17.5. The molecule has 5 nitrogen and oxygen atoms in total. The van der Waals surface area contributed by atoms with Crippen molar-refractivity contribution in [2.24, 2.45) is 0 Å². The van der Waals surface area contributed by atoms with Crippen LogP contribution in [-0.2, 0) is 6.54 Å². The van der Waals surface area contributed by atoms with E-state index in [0.29, 0.717) is 12.2 Å². The molecule has 0 unspecified atom stereocenters. The quantitative estimate of drug-likeness (QED) is 0.918. The number of anilines is 1. The molecule has 2 aromatic rings. The summed E-state index contributed by atoms with van der Waals surface area (Å²) in [5.41, 5.74) is 1.52. The molecule has 0 spiro atoms. The molecule has 1 aromatic heterocycles. The highest BCUT2D eigenvalue weighted by Crippen LogP contribution is 2.32. The van der Waals surface area contributed by atoms with Gasteiger partial charge in [-0.05, 0) is 44.0 Å². The summed E-state index contributed by atoms with van der Waals surface area (Å²) in [4.78, 5) is 14.4. The number of aryl methyl sites for hydroxylation is 1. The maximum Gasteiger partial charge on any atom is 0.322 e. The molecule has 0 bridgehead atoms. The third-order valence-electron chi connectivity index (χ3n) is 4.07. The van der Waals surface area contributed by atoms with E-state index in [-0.39, 0.29) is 17.1 Å². The fourth-order valence-electron chi connectivity index (χ4n) is 2.98. The largest absolute Gasteiger partial charge is 0.322 e. The summed E-state index contributed by atoms with van der Waals surface area (Å²) >= 11 is 5.75. The van der Waals surface area contributed by atoms with Gasteiger partial charge >= 0.3 is 6.03 Å². The molecule has 0 aliphatic carbocycles. The molecule has 0 saturated carbocycles. The van der Waals surface area contributed by atoms with Crippen molar-refractivity contribution in [1.82, 2.24) is 14.7 Å². The van der Waals surface area contributed by atoms with Crippen LogP contribution in [0.3, 0.4) is 0 Å². The highest BCUT2D eigenvalue weighted by atomic mass is 35.5. The highest BCUT2D eigenvalue weighted by Gasteiger charge is 2.32. The lowest BCUT2D eigenvalue weighted by molar-refractivity contribution is 0.204. The van der Waals surface area contributed by atoms with E-state index in [2.05, 4.69) is 10.4 Å². The van der Waals surface area contributed by atoms with Gasteiger partial charge in [-0.3, -0.25) is 4.68 Å². The summed E-state index contributed by atoms with van der Waals surface area (Å²) in [6.07, 6.45) is 3.60. The predicted molar refractivity (Wildman–Crippen MR) is 87.0 cm³/mol. The van der Waals surface area contributed by atoms with Gasteiger partial charge in [0.15, 0.2) is 0 Å². The van der Waals surface area contributed by atoms with Gasteiger partial charge in [0.2, 0.25) is 0 Å². The van der Waals surface area contributed by atoms with Gasteiger partial charge in [0.05, 0.1) is 16.8 Å². The fraction of sp³-hybridized carbons (Fsp3) is 0.375. The van der Waals surface area contributed by atoms with Gasteiger partial charge in [-0.2, -0.15) is 5.10 Å². The number of hydrogen-bond acceptors (Lipinski definition) is 2. The summed E-state index contributed by atoms with van der Waals surface area (Å²) in [7, 11) is 0. The van der Waals surface area contributed by atoms with E-state index in [0.717, 1.165) is 25.1 Å². The molecule has 23 heavy (non-hydrogen) atoms. The van der Waals surface area contributed by atoms with Crippen LogP contribution in [0.15, 0.2) is 30.5 Å². The second kappa shape index (κ2) is 6.58. The maximum absolute atomic E-state index is 13.2. The third kappa shape index (κ3) is 3.17. The van der Waals surface area contributed by atoms with Gasteiger partial charge in [0, 0.05) is 25.0 Å². The molecule has 1 atom stereocenters. The van der Waals surface area contributed by atoms with Crippen molar-refractivity contribution in [3.8, 4) is 0 Å². The lowest BCUT2D eigenvalue weighted by atomic mass is 10.1. The minimum Gasteiger partial charge on any atom is -0.316 e. The maximum atomic E-state index is 13.2. The summed E-state index contributed by atoms with van der Waals surface area (Å²) in [6.45, 7) is 3.47. The van der Waals surface area contributed by atoms with Crippen LogP contribution in [0.1, 0.15) is 31.5 Å². The molecule has 1 aliphatic rings. The number of nitrogens with one attached hydrogen (secondary N) is 1. The van der Waals surface area contributed by atoms with Gasteiger partial charge in [0.1, 0.15) is 5.82 Å². The number of aromatic nitrogens is 2. The Kier molecular flexibility index (Phi) is 4.52. The Hall–Kier alpha value is -2.08. The topological polar surface area (TPSA) is 50.2 Å². The van der Waals surface area contributed by atoms with Crippen molar-refractivity contribution in [2.75, 3.05) is 11.9 Å². The first-order valence-corrected chi connectivity index (χ1v) is 8.02. The molecule has 122 valence electrons. The fourth-order valence-corrected chi connectivity index (χ4v) is 3.16. The minimum absolute atomic E-state index is 0.00775. The number of benzene rings is 1. The Morgan fingerprint density at radius 1 is 1.48 bits per heavy atom. The third-order valence-corrected chi connectivity index (χ3v) is 4.36. The number of carbonyl (C=O) groups excluding carboxylic acids is 1. The molecule has 1 N–H and O–H groups in total. The number of amides is 2. The van der Waals surface area contributed by atoms with Crippen LogP contribution >= 0.6 is 11.6 Å². The monoisotopic (exact) mass is 336 g/mol. The molecule has 1 saturated heterocycles. The van der Waals surface area contributed by atoms with Gasteiger partial charge in [-0.1, -0.05) is 11.6 Å². The molecule has 7 heteroatoms. The van der Waals surface area contributed by atoms with Crippen LogP contribution in [0.25, 0.3) is 0 Å². The van der Waals surface area contributed by atoms with Crippen LogP contribution in [0.2, 0.25) is 5.02 Å². The predicted octanol–water partition coefficient (Wildman–Crippen LogP) is 4.06. The molecule has 2 heterocycles. The van der Waals surface area contributed by atoms with Crippen molar-refractivity contribution < 1.29 is 9.18 Å². The molecular formula is C16H18ClFN4O. The smallest absolute Gasteiger partial charge is 0.316 e. The number of halogens is 2. The number of nitrogens with zero attached hydrogens (tertiary/aromatic N) is 3. The lowest BCUT2D eigenvalue weighted by Crippen LogP contribution is -2.35. The first-order chi connectivity index (χ1) is 11.1. The van der Waals surface area contributed by atoms with E-state index in [1.165, 1.54) is 18.2 Å². The molecule has 2 amide bonds. The summed E-state index contributed by atoms with van der Waals surface area (Å²) in [5.74, 6) is -0.504. The first-order valence-electron chi connectivity index (χ1n) is 7.64. The van der Waals surface area contributed by atoms with Crippen molar-refractivity contribution in [2.45, 2.75) is 32.4 Å². The molecule has 0 radical (unpaired) electrons. The first kappa shape index (κ1) is 15.8. The molecule has 1 aliphatic heterocycles. The van der Waals surface area contributed by atoms with Crippen LogP contribution < -0.4 is 5.32 Å². The van der Waals surface area contributed by atoms with E-state index in [4.69, 9.17) is 11.6 Å². The van der Waals surface area contributed by atoms with Crippen LogP contribution in [0, 0.1) is 5.82 Å². The second-order valence-electron chi connectivity index (χ2n) is 5.48. The second-order valence-corrected chi connectivity index (χ2v) is 5.89. The number of carbonyl (C=O) groups is 1. The lowest BCUT2D eigenvalue weighted by Gasteiger charge is -2.25. The Balaban J connectivity index is 1.77. The van der Waals surface area contributed by atoms with Crippen molar-refractivity contribution in [3.63, 3.8) is 0 Å². The van der Waals surface area contributed by atoms with Gasteiger partial charge in [-0.25, -0.2) is 9.18 Å². The van der Waals surface area contributed by atoms with Crippen molar-refractivity contribution in [3.05, 3.63) is 47.0 Å². The van der Waals surface area contributed by atoms with Crippen molar-refractivity contribution in [1.29, 1.82) is 0 Å². The standard InChI is InChI=1S/C16H18ClFN4O/c1-2-22-15(7-8-19-22)14-4-3-9-21(14)16(23)20-11-5-6-13(18)12(17)10-11/h5-8,10,14H,2-4,9H2,1H3,(H,20,23)/t14-/m1/s1. The van der Waals surface area contributed by atoms with E-state index in [9.17, 15) is 9.18 Å². The highest BCUT2D eigenvalue weighted by molar-refractivity contribution is 6.31. The zero-order valence-corrected chi connectivity index (χ0v) is 13.6. The summed E-state index contributed by atoms with van der Waals surface area (Å²) in [5, 5.41) is 7.06. The van der Waals surface area contributed by atoms with E-state index in [1.807, 2.05) is 17.7 Å². The summed E-state index contributed by atoms with van der Waals surface area (Å²) < 4.78 is 15.1. The SMILES string of the molecule is CCn1nccc1[C@H]1CCCN1C(=O)Nc1ccc(F)c(Cl)c1. The van der Waals surface area contributed by atoms with Crippen molar-refractivity contribution >= 4 is 23.3 Å². The van der Waals surface area contributed by atoms with E-state index in [1.54, 1.807) is 11.1 Å². The number of likely N-dealkylation sites (tertiary alicyclic amines) is 1. The zero-order valence-electron chi connectivity index (χ0n) is 12.8. The Labute approximate surface area is 139 Å². The van der Waals surface area contributed by atoms with Gasteiger partial charge < -0.3 is 10.2 Å². The average Bonchev–Trinajstić information content (AvgIpc) is 3.18. The van der Waals surface area contributed by atoms with Gasteiger partial charge in [-0.15, -0.1) is 0 Å². The molecule has 1 aromatic carbocycles. The number of urea groups is 1. The average molecular weight is 337 g/mol. The Morgan fingerprint density at radius 2 is 2.30 bits per heavy atom. The zero-order chi connectivity index (χ0) is 16.4. The molecular weight excluding hydrogens is 319 g/mol. The molecule has 1 fully saturated rings. The Bertz CT molecular complexity index is 718. The minimum atomic E-state index is -0.504. The van der Waals surface area contributed by atoms with Crippen LogP contribution in [0.4, 0.5) is 14.9 Å². The van der Waals surface area contributed by atoms with E-state index >= 15 is 0 Å². The van der Waals surface area contributed by atoms with E-state index < -0.39 is 5.82 Å². The number of rotatable bonds is 3. The van der Waals surface area contributed by atoms with Crippen LogP contribution in [0.5, 0.6) is 0 Å². The summed E-state index contributed by atoms with van der Waals surface area (Å²) in [6, 6.07) is 5.91. The molecule has 3 rings (SSSR count).